The molecule has 0 saturated heterocycles. The average molecular weight is 202 g/mol. The van der Waals surface area contributed by atoms with Gasteiger partial charge in [-0.25, -0.2) is 0 Å². The van der Waals surface area contributed by atoms with E-state index >= 15 is 0 Å². The summed E-state index contributed by atoms with van der Waals surface area (Å²) >= 11 is 0. The zero-order chi connectivity index (χ0) is 10.8. The molecule has 1 nitrogen and oxygen atoms in total. The Labute approximate surface area is 91.8 Å². The Morgan fingerprint density at radius 2 is 2.13 bits per heavy atom. The third-order valence-corrected chi connectivity index (χ3v) is 3.05. The highest BCUT2D eigenvalue weighted by molar-refractivity contribution is 5.56. The smallest absolute Gasteiger partial charge is 0.122 e. The van der Waals surface area contributed by atoms with Crippen LogP contribution in [0.2, 0.25) is 0 Å². The quantitative estimate of drug-likeness (QED) is 0.724. The molecule has 1 heteroatoms. The molecule has 0 heterocycles. The SMILES string of the molecule is COc1cc(/C=C(\C)C2CC2)ccc1C. The van der Waals surface area contributed by atoms with Gasteiger partial charge < -0.3 is 4.74 Å². The minimum absolute atomic E-state index is 0.845. The number of allylic oxidation sites excluding steroid dienone is 1. The van der Waals surface area contributed by atoms with Gasteiger partial charge in [-0.15, -0.1) is 0 Å². The Hall–Kier alpha value is -1.24. The number of hydrogen-bond acceptors (Lipinski definition) is 1. The van der Waals surface area contributed by atoms with Crippen molar-refractivity contribution >= 4 is 6.08 Å². The summed E-state index contributed by atoms with van der Waals surface area (Å²) in [4.78, 5) is 0. The van der Waals surface area contributed by atoms with Gasteiger partial charge >= 0.3 is 0 Å². The fourth-order valence-corrected chi connectivity index (χ4v) is 1.85. The molecule has 1 aliphatic rings. The minimum atomic E-state index is 0.845. The van der Waals surface area contributed by atoms with Crippen LogP contribution in [0.3, 0.4) is 0 Å². The lowest BCUT2D eigenvalue weighted by atomic mass is 10.1. The lowest BCUT2D eigenvalue weighted by molar-refractivity contribution is 0.411. The topological polar surface area (TPSA) is 9.23 Å². The molecular weight excluding hydrogens is 184 g/mol. The molecule has 1 aromatic rings. The summed E-state index contributed by atoms with van der Waals surface area (Å²) in [5.41, 5.74) is 3.95. The van der Waals surface area contributed by atoms with Crippen molar-refractivity contribution in [3.63, 3.8) is 0 Å². The van der Waals surface area contributed by atoms with Gasteiger partial charge in [-0.1, -0.05) is 23.8 Å². The molecule has 1 fully saturated rings. The van der Waals surface area contributed by atoms with Crippen molar-refractivity contribution < 1.29 is 4.74 Å². The standard InChI is InChI=1S/C14H18O/c1-10-4-5-12(9-14(10)15-3)8-11(2)13-6-7-13/h4-5,8-9,13H,6-7H2,1-3H3/b11-8+. The van der Waals surface area contributed by atoms with Crippen LogP contribution in [-0.2, 0) is 0 Å². The second-order valence-electron chi connectivity index (χ2n) is 4.39. The van der Waals surface area contributed by atoms with Gasteiger partial charge in [0.15, 0.2) is 0 Å². The number of hydrogen-bond donors (Lipinski definition) is 0. The lowest BCUT2D eigenvalue weighted by Crippen LogP contribution is -1.88. The molecule has 2 rings (SSSR count). The van der Waals surface area contributed by atoms with Gasteiger partial charge in [0.25, 0.3) is 0 Å². The van der Waals surface area contributed by atoms with E-state index in [9.17, 15) is 0 Å². The van der Waals surface area contributed by atoms with Crippen LogP contribution in [0.4, 0.5) is 0 Å². The monoisotopic (exact) mass is 202 g/mol. The first kappa shape index (κ1) is 10.3. The van der Waals surface area contributed by atoms with E-state index in [1.807, 2.05) is 0 Å². The normalized spacial score (nSPS) is 16.6. The third-order valence-electron chi connectivity index (χ3n) is 3.05. The van der Waals surface area contributed by atoms with Crippen molar-refractivity contribution in [2.45, 2.75) is 26.7 Å². The van der Waals surface area contributed by atoms with Gasteiger partial charge in [0.05, 0.1) is 7.11 Å². The Morgan fingerprint density at radius 1 is 1.40 bits per heavy atom. The minimum Gasteiger partial charge on any atom is -0.496 e. The molecule has 0 aromatic heterocycles. The largest absolute Gasteiger partial charge is 0.496 e. The molecule has 0 spiro atoms. The molecular formula is C14H18O. The summed E-state index contributed by atoms with van der Waals surface area (Å²) < 4.78 is 5.31. The zero-order valence-corrected chi connectivity index (χ0v) is 9.71. The van der Waals surface area contributed by atoms with Gasteiger partial charge in [-0.05, 0) is 49.8 Å². The summed E-state index contributed by atoms with van der Waals surface area (Å²) in [6.07, 6.45) is 5.01. The molecule has 0 atom stereocenters. The first-order valence-electron chi connectivity index (χ1n) is 5.53. The molecule has 1 aromatic carbocycles. The molecule has 0 bridgehead atoms. The van der Waals surface area contributed by atoms with Crippen LogP contribution in [0.5, 0.6) is 5.75 Å². The molecule has 15 heavy (non-hydrogen) atoms. The fraction of sp³-hybridized carbons (Fsp3) is 0.429. The first-order valence-corrected chi connectivity index (χ1v) is 5.53. The van der Waals surface area contributed by atoms with Crippen molar-refractivity contribution in [2.75, 3.05) is 7.11 Å². The molecule has 1 saturated carbocycles. The zero-order valence-electron chi connectivity index (χ0n) is 9.71. The van der Waals surface area contributed by atoms with Crippen molar-refractivity contribution in [1.29, 1.82) is 0 Å². The summed E-state index contributed by atoms with van der Waals surface area (Å²) in [7, 11) is 1.73. The van der Waals surface area contributed by atoms with Crippen LogP contribution in [-0.4, -0.2) is 7.11 Å². The highest BCUT2D eigenvalue weighted by atomic mass is 16.5. The Balaban J connectivity index is 2.24. The van der Waals surface area contributed by atoms with Gasteiger partial charge in [-0.3, -0.25) is 0 Å². The summed E-state index contributed by atoms with van der Waals surface area (Å²) in [6.45, 7) is 4.30. The number of aryl methyl sites for hydroxylation is 1. The average Bonchev–Trinajstić information content (AvgIpc) is 3.04. The number of methoxy groups -OCH3 is 1. The maximum absolute atomic E-state index is 5.31. The molecule has 80 valence electrons. The molecule has 0 radical (unpaired) electrons. The maximum atomic E-state index is 5.31. The van der Waals surface area contributed by atoms with Crippen molar-refractivity contribution in [1.82, 2.24) is 0 Å². The number of rotatable bonds is 3. The van der Waals surface area contributed by atoms with Crippen molar-refractivity contribution in [3.05, 3.63) is 34.9 Å². The van der Waals surface area contributed by atoms with E-state index < -0.39 is 0 Å². The molecule has 0 aliphatic heterocycles. The van der Waals surface area contributed by atoms with E-state index in [0.717, 1.165) is 11.7 Å². The van der Waals surface area contributed by atoms with E-state index in [4.69, 9.17) is 4.74 Å². The number of ether oxygens (including phenoxy) is 1. The fourth-order valence-electron chi connectivity index (χ4n) is 1.85. The van der Waals surface area contributed by atoms with E-state index in [1.165, 1.54) is 29.5 Å². The van der Waals surface area contributed by atoms with Crippen LogP contribution in [0, 0.1) is 12.8 Å². The predicted octanol–water partition coefficient (Wildman–Crippen LogP) is 3.82. The van der Waals surface area contributed by atoms with Crippen molar-refractivity contribution in [2.24, 2.45) is 5.92 Å². The summed E-state index contributed by atoms with van der Waals surface area (Å²) in [5, 5.41) is 0. The van der Waals surface area contributed by atoms with Crippen LogP contribution >= 0.6 is 0 Å². The molecule has 0 N–H and O–H groups in total. The van der Waals surface area contributed by atoms with E-state index in [1.54, 1.807) is 7.11 Å². The highest BCUT2D eigenvalue weighted by Crippen LogP contribution is 2.37. The van der Waals surface area contributed by atoms with Gasteiger partial charge in [0.2, 0.25) is 0 Å². The third kappa shape index (κ3) is 2.41. The van der Waals surface area contributed by atoms with E-state index in [-0.39, 0.29) is 0 Å². The molecule has 1 aliphatic carbocycles. The number of benzene rings is 1. The molecule has 0 unspecified atom stereocenters. The highest BCUT2D eigenvalue weighted by Gasteiger charge is 2.22. The van der Waals surface area contributed by atoms with Gasteiger partial charge in [0, 0.05) is 0 Å². The Kier molecular flexibility index (Phi) is 2.81. The first-order chi connectivity index (χ1) is 7.20. The van der Waals surface area contributed by atoms with Gasteiger partial charge in [0.1, 0.15) is 5.75 Å². The van der Waals surface area contributed by atoms with Gasteiger partial charge in [-0.2, -0.15) is 0 Å². The summed E-state index contributed by atoms with van der Waals surface area (Å²) in [6, 6.07) is 6.38. The lowest BCUT2D eigenvalue weighted by Gasteiger charge is -2.06. The van der Waals surface area contributed by atoms with Crippen LogP contribution in [0.1, 0.15) is 30.9 Å². The van der Waals surface area contributed by atoms with Crippen LogP contribution in [0.15, 0.2) is 23.8 Å². The van der Waals surface area contributed by atoms with Crippen molar-refractivity contribution in [3.8, 4) is 5.75 Å². The second-order valence-corrected chi connectivity index (χ2v) is 4.39. The Bertz CT molecular complexity index is 386. The second kappa shape index (κ2) is 4.09. The summed E-state index contributed by atoms with van der Waals surface area (Å²) in [5.74, 6) is 1.82. The van der Waals surface area contributed by atoms with Crippen LogP contribution in [0.25, 0.3) is 6.08 Å². The van der Waals surface area contributed by atoms with E-state index in [2.05, 4.69) is 38.1 Å². The van der Waals surface area contributed by atoms with E-state index in [0.29, 0.717) is 0 Å². The predicted molar refractivity (Wildman–Crippen MR) is 64.1 cm³/mol. The maximum Gasteiger partial charge on any atom is 0.122 e. The molecule has 0 amide bonds. The Morgan fingerprint density at radius 3 is 2.73 bits per heavy atom. The van der Waals surface area contributed by atoms with Crippen LogP contribution < -0.4 is 4.74 Å².